The molecule has 1 heterocycles. The molecule has 0 saturated carbocycles. The number of hydrogen-bond acceptors (Lipinski definition) is 1. The van der Waals surface area contributed by atoms with Crippen molar-refractivity contribution in [2.24, 2.45) is 0 Å². The molecule has 0 aliphatic rings. The summed E-state index contributed by atoms with van der Waals surface area (Å²) in [7, 11) is 0. The average Bonchev–Trinajstić information content (AvgIpc) is 2.74. The molecule has 0 atom stereocenters. The van der Waals surface area contributed by atoms with Crippen LogP contribution in [-0.4, -0.2) is 0 Å². The first-order valence-electron chi connectivity index (χ1n) is 5.62. The molecule has 0 aliphatic heterocycles. The molecule has 0 unspecified atom stereocenters. The first-order valence-corrected chi connectivity index (χ1v) is 5.62. The van der Waals surface area contributed by atoms with Gasteiger partial charge in [0, 0.05) is 5.39 Å². The average molecular weight is 212 g/mol. The van der Waals surface area contributed by atoms with Crippen LogP contribution in [0.1, 0.15) is 25.3 Å². The lowest BCUT2D eigenvalue weighted by atomic mass is 10.1. The zero-order valence-corrected chi connectivity index (χ0v) is 9.57. The molecule has 16 heavy (non-hydrogen) atoms. The summed E-state index contributed by atoms with van der Waals surface area (Å²) in [5.41, 5.74) is 3.30. The maximum Gasteiger partial charge on any atom is 0.133 e. The molecular weight excluding hydrogens is 196 g/mol. The van der Waals surface area contributed by atoms with E-state index < -0.39 is 0 Å². The molecule has 1 heteroatoms. The van der Waals surface area contributed by atoms with E-state index in [-0.39, 0.29) is 0 Å². The van der Waals surface area contributed by atoms with E-state index in [4.69, 9.17) is 4.42 Å². The van der Waals surface area contributed by atoms with Gasteiger partial charge >= 0.3 is 0 Å². The lowest BCUT2D eigenvalue weighted by Crippen LogP contribution is -1.75. The van der Waals surface area contributed by atoms with E-state index >= 15 is 0 Å². The standard InChI is InChI=1S/C15H16O/c1-3-4-12(2)5-6-13-7-8-15-14(11-13)9-10-16-15/h5-11H,2-4H2,1H3/b6-5+. The fourth-order valence-electron chi connectivity index (χ4n) is 1.71. The quantitative estimate of drug-likeness (QED) is 0.663. The lowest BCUT2D eigenvalue weighted by molar-refractivity contribution is 0.616. The van der Waals surface area contributed by atoms with Gasteiger partial charge < -0.3 is 4.42 Å². The summed E-state index contributed by atoms with van der Waals surface area (Å²) >= 11 is 0. The molecule has 1 nitrogen and oxygen atoms in total. The van der Waals surface area contributed by atoms with Gasteiger partial charge in [-0.05, 0) is 30.2 Å². The van der Waals surface area contributed by atoms with Gasteiger partial charge in [0.1, 0.15) is 5.58 Å². The molecule has 0 amide bonds. The van der Waals surface area contributed by atoms with Crippen molar-refractivity contribution in [2.45, 2.75) is 19.8 Å². The SMILES string of the molecule is C=C(/C=C/c1ccc2occc2c1)CCC. The fraction of sp³-hybridized carbons (Fsp3) is 0.200. The van der Waals surface area contributed by atoms with Gasteiger partial charge in [-0.15, -0.1) is 0 Å². The van der Waals surface area contributed by atoms with Crippen LogP contribution in [0.25, 0.3) is 17.0 Å². The van der Waals surface area contributed by atoms with E-state index in [1.54, 1.807) is 6.26 Å². The number of hydrogen-bond donors (Lipinski definition) is 0. The zero-order valence-electron chi connectivity index (χ0n) is 9.57. The third kappa shape index (κ3) is 2.43. The second kappa shape index (κ2) is 4.84. The Morgan fingerprint density at radius 3 is 3.06 bits per heavy atom. The second-order valence-electron chi connectivity index (χ2n) is 3.96. The third-order valence-electron chi connectivity index (χ3n) is 2.56. The molecule has 0 aliphatic carbocycles. The smallest absolute Gasteiger partial charge is 0.133 e. The molecule has 0 bridgehead atoms. The molecule has 0 saturated heterocycles. The van der Waals surface area contributed by atoms with Gasteiger partial charge in [-0.1, -0.05) is 43.7 Å². The summed E-state index contributed by atoms with van der Waals surface area (Å²) in [6, 6.07) is 8.15. The van der Waals surface area contributed by atoms with Gasteiger partial charge in [-0.3, -0.25) is 0 Å². The van der Waals surface area contributed by atoms with Crippen molar-refractivity contribution in [2.75, 3.05) is 0 Å². The Hall–Kier alpha value is -1.76. The maximum atomic E-state index is 5.30. The topological polar surface area (TPSA) is 13.1 Å². The number of allylic oxidation sites excluding steroid dienone is 2. The largest absolute Gasteiger partial charge is 0.464 e. The zero-order chi connectivity index (χ0) is 11.4. The van der Waals surface area contributed by atoms with E-state index in [1.165, 1.54) is 11.1 Å². The van der Waals surface area contributed by atoms with Crippen LogP contribution < -0.4 is 0 Å². The van der Waals surface area contributed by atoms with Crippen molar-refractivity contribution in [3.63, 3.8) is 0 Å². The second-order valence-corrected chi connectivity index (χ2v) is 3.96. The van der Waals surface area contributed by atoms with Gasteiger partial charge in [0.2, 0.25) is 0 Å². The summed E-state index contributed by atoms with van der Waals surface area (Å²) in [6.07, 6.45) is 8.11. The minimum atomic E-state index is 0.935. The Morgan fingerprint density at radius 2 is 2.25 bits per heavy atom. The van der Waals surface area contributed by atoms with E-state index in [9.17, 15) is 0 Å². The Labute approximate surface area is 96.1 Å². The highest BCUT2D eigenvalue weighted by Gasteiger charge is 1.96. The van der Waals surface area contributed by atoms with Crippen LogP contribution in [0.2, 0.25) is 0 Å². The van der Waals surface area contributed by atoms with Gasteiger partial charge in [0.05, 0.1) is 6.26 Å². The minimum absolute atomic E-state index is 0.935. The Balaban J connectivity index is 2.17. The molecule has 0 N–H and O–H groups in total. The van der Waals surface area contributed by atoms with Crippen LogP contribution in [0.4, 0.5) is 0 Å². The lowest BCUT2D eigenvalue weighted by Gasteiger charge is -1.96. The van der Waals surface area contributed by atoms with Gasteiger partial charge in [-0.25, -0.2) is 0 Å². The number of fused-ring (bicyclic) bond motifs is 1. The molecule has 0 fully saturated rings. The van der Waals surface area contributed by atoms with Crippen LogP contribution in [0.3, 0.4) is 0 Å². The Morgan fingerprint density at radius 1 is 1.38 bits per heavy atom. The summed E-state index contributed by atoms with van der Waals surface area (Å²) < 4.78 is 5.30. The first-order chi connectivity index (χ1) is 7.79. The molecule has 2 rings (SSSR count). The van der Waals surface area contributed by atoms with E-state index in [0.717, 1.165) is 23.8 Å². The van der Waals surface area contributed by atoms with E-state index in [2.05, 4.69) is 37.8 Å². The Bertz CT molecular complexity index is 517. The maximum absolute atomic E-state index is 5.30. The predicted molar refractivity (Wildman–Crippen MR) is 69.3 cm³/mol. The summed E-state index contributed by atoms with van der Waals surface area (Å²) in [5.74, 6) is 0. The highest BCUT2D eigenvalue weighted by Crippen LogP contribution is 2.18. The fourth-order valence-corrected chi connectivity index (χ4v) is 1.71. The van der Waals surface area contributed by atoms with Gasteiger partial charge in [0.15, 0.2) is 0 Å². The van der Waals surface area contributed by atoms with Crippen molar-refractivity contribution in [3.05, 3.63) is 54.3 Å². The van der Waals surface area contributed by atoms with Crippen molar-refractivity contribution >= 4 is 17.0 Å². The first kappa shape index (κ1) is 10.7. The molecule has 0 radical (unpaired) electrons. The summed E-state index contributed by atoms with van der Waals surface area (Å²) in [5, 5.41) is 1.14. The molecule has 82 valence electrons. The van der Waals surface area contributed by atoms with Crippen molar-refractivity contribution < 1.29 is 4.42 Å². The van der Waals surface area contributed by atoms with Crippen molar-refractivity contribution in [3.8, 4) is 0 Å². The number of furan rings is 1. The van der Waals surface area contributed by atoms with Gasteiger partial charge in [-0.2, -0.15) is 0 Å². The van der Waals surface area contributed by atoms with Crippen LogP contribution in [0.5, 0.6) is 0 Å². The molecular formula is C15H16O. The minimum Gasteiger partial charge on any atom is -0.464 e. The number of benzene rings is 1. The Kier molecular flexibility index (Phi) is 3.25. The summed E-state index contributed by atoms with van der Waals surface area (Å²) in [6.45, 7) is 6.17. The summed E-state index contributed by atoms with van der Waals surface area (Å²) in [4.78, 5) is 0. The van der Waals surface area contributed by atoms with Crippen molar-refractivity contribution in [1.29, 1.82) is 0 Å². The molecule has 2 aromatic rings. The van der Waals surface area contributed by atoms with E-state index in [0.29, 0.717) is 0 Å². The highest BCUT2D eigenvalue weighted by molar-refractivity contribution is 5.80. The predicted octanol–water partition coefficient (Wildman–Crippen LogP) is 4.80. The van der Waals surface area contributed by atoms with Crippen LogP contribution in [-0.2, 0) is 0 Å². The third-order valence-corrected chi connectivity index (χ3v) is 2.56. The van der Waals surface area contributed by atoms with Crippen LogP contribution >= 0.6 is 0 Å². The van der Waals surface area contributed by atoms with E-state index in [1.807, 2.05) is 12.1 Å². The van der Waals surface area contributed by atoms with Gasteiger partial charge in [0.25, 0.3) is 0 Å². The number of rotatable bonds is 4. The van der Waals surface area contributed by atoms with Crippen molar-refractivity contribution in [1.82, 2.24) is 0 Å². The van der Waals surface area contributed by atoms with Crippen LogP contribution in [0, 0.1) is 0 Å². The monoisotopic (exact) mass is 212 g/mol. The highest BCUT2D eigenvalue weighted by atomic mass is 16.3. The van der Waals surface area contributed by atoms with Crippen LogP contribution in [0.15, 0.2) is 53.2 Å². The molecule has 1 aromatic heterocycles. The molecule has 1 aromatic carbocycles. The normalized spacial score (nSPS) is 11.3. The molecule has 0 spiro atoms.